The van der Waals surface area contributed by atoms with Gasteiger partial charge in [0.2, 0.25) is 0 Å². The fraction of sp³-hybridized carbons (Fsp3) is 0.273. The van der Waals surface area contributed by atoms with Crippen LogP contribution in [-0.2, 0) is 6.42 Å². The highest BCUT2D eigenvalue weighted by Gasteiger charge is 2.23. The van der Waals surface area contributed by atoms with E-state index in [0.29, 0.717) is 27.5 Å². The molecular weight excluding hydrogens is 305 g/mol. The number of nitriles is 1. The zero-order chi connectivity index (χ0) is 11.0. The molecule has 0 bridgehead atoms. The topological polar surface area (TPSA) is 61.1 Å². The molecule has 0 aromatic heterocycles. The second kappa shape index (κ2) is 3.81. The first-order valence-corrected chi connectivity index (χ1v) is 5.70. The molecule has 0 fully saturated rings. The van der Waals surface area contributed by atoms with Crippen LogP contribution in [0.25, 0.3) is 0 Å². The summed E-state index contributed by atoms with van der Waals surface area (Å²) in [7, 11) is 0. The number of ketones is 1. The standard InChI is InChI=1S/C11H8INO2/c12-9-4-7-6(2-1-3-10(7)14)8(5-13)11(9)15/h4,15H,1-3H2. The van der Waals surface area contributed by atoms with E-state index in [1.54, 1.807) is 6.07 Å². The Hall–Kier alpha value is -1.09. The number of fused-ring (bicyclic) bond motifs is 1. The minimum absolute atomic E-state index is 0.00606. The quantitative estimate of drug-likeness (QED) is 0.748. The number of carbonyl (C=O) groups is 1. The number of benzene rings is 1. The molecule has 0 aliphatic heterocycles. The molecule has 0 saturated heterocycles. The molecule has 2 rings (SSSR count). The fourth-order valence-electron chi connectivity index (χ4n) is 1.87. The Morgan fingerprint density at radius 1 is 1.47 bits per heavy atom. The van der Waals surface area contributed by atoms with E-state index in [4.69, 9.17) is 5.26 Å². The largest absolute Gasteiger partial charge is 0.505 e. The number of halogens is 1. The first kappa shape index (κ1) is 10.4. The van der Waals surface area contributed by atoms with Crippen LogP contribution in [0.3, 0.4) is 0 Å². The minimum atomic E-state index is 0.00606. The maximum Gasteiger partial charge on any atom is 0.163 e. The van der Waals surface area contributed by atoms with Gasteiger partial charge in [0.15, 0.2) is 5.78 Å². The lowest BCUT2D eigenvalue weighted by Gasteiger charge is -2.17. The van der Waals surface area contributed by atoms with E-state index in [1.807, 2.05) is 28.7 Å². The molecule has 1 aliphatic carbocycles. The van der Waals surface area contributed by atoms with Crippen molar-refractivity contribution in [2.75, 3.05) is 0 Å². The Bertz CT molecular complexity index is 488. The molecule has 1 N–H and O–H groups in total. The van der Waals surface area contributed by atoms with Crippen molar-refractivity contribution in [2.45, 2.75) is 19.3 Å². The number of aromatic hydroxyl groups is 1. The third-order valence-electron chi connectivity index (χ3n) is 2.60. The van der Waals surface area contributed by atoms with E-state index in [-0.39, 0.29) is 17.1 Å². The van der Waals surface area contributed by atoms with Gasteiger partial charge in [0, 0.05) is 12.0 Å². The van der Waals surface area contributed by atoms with E-state index < -0.39 is 0 Å². The molecule has 0 saturated carbocycles. The van der Waals surface area contributed by atoms with Crippen LogP contribution in [0.2, 0.25) is 0 Å². The highest BCUT2D eigenvalue weighted by atomic mass is 127. The zero-order valence-corrected chi connectivity index (χ0v) is 10.0. The fourth-order valence-corrected chi connectivity index (χ4v) is 2.45. The lowest BCUT2D eigenvalue weighted by Crippen LogP contribution is -2.13. The zero-order valence-electron chi connectivity index (χ0n) is 7.88. The van der Waals surface area contributed by atoms with Crippen LogP contribution in [0.4, 0.5) is 0 Å². The molecule has 0 amide bonds. The van der Waals surface area contributed by atoms with Crippen molar-refractivity contribution in [3.05, 3.63) is 26.3 Å². The summed E-state index contributed by atoms with van der Waals surface area (Å²) in [5, 5.41) is 18.7. The van der Waals surface area contributed by atoms with Crippen molar-refractivity contribution in [1.82, 2.24) is 0 Å². The molecule has 15 heavy (non-hydrogen) atoms. The Balaban J connectivity index is 2.76. The molecule has 1 aliphatic rings. The van der Waals surface area contributed by atoms with Crippen molar-refractivity contribution in [2.24, 2.45) is 0 Å². The number of phenols is 1. The van der Waals surface area contributed by atoms with Crippen LogP contribution in [0, 0.1) is 14.9 Å². The molecule has 3 nitrogen and oxygen atoms in total. The summed E-state index contributed by atoms with van der Waals surface area (Å²) in [5.41, 5.74) is 1.59. The number of Topliss-reactive ketones (excluding diaryl/α,β-unsaturated/α-hetero) is 1. The van der Waals surface area contributed by atoms with E-state index in [0.717, 1.165) is 6.42 Å². The van der Waals surface area contributed by atoms with Crippen LogP contribution in [0.1, 0.15) is 34.3 Å². The number of carbonyl (C=O) groups excluding carboxylic acids is 1. The molecule has 0 atom stereocenters. The van der Waals surface area contributed by atoms with Gasteiger partial charge >= 0.3 is 0 Å². The molecule has 0 heterocycles. The number of hydrogen-bond donors (Lipinski definition) is 1. The second-order valence-electron chi connectivity index (χ2n) is 3.50. The summed E-state index contributed by atoms with van der Waals surface area (Å²) in [6.45, 7) is 0. The highest BCUT2D eigenvalue weighted by molar-refractivity contribution is 14.1. The molecular formula is C11H8INO2. The molecule has 4 heteroatoms. The molecule has 1 aromatic rings. The van der Waals surface area contributed by atoms with Crippen LogP contribution < -0.4 is 0 Å². The highest BCUT2D eigenvalue weighted by Crippen LogP contribution is 2.33. The monoisotopic (exact) mass is 313 g/mol. The van der Waals surface area contributed by atoms with Gasteiger partial charge < -0.3 is 5.11 Å². The molecule has 76 valence electrons. The summed E-state index contributed by atoms with van der Waals surface area (Å²) in [6.07, 6.45) is 2.01. The van der Waals surface area contributed by atoms with E-state index in [1.165, 1.54) is 0 Å². The van der Waals surface area contributed by atoms with E-state index in [2.05, 4.69) is 0 Å². The van der Waals surface area contributed by atoms with Gasteiger partial charge in [-0.15, -0.1) is 0 Å². The van der Waals surface area contributed by atoms with Gasteiger partial charge in [-0.1, -0.05) is 0 Å². The van der Waals surface area contributed by atoms with Crippen molar-refractivity contribution >= 4 is 28.4 Å². The third-order valence-corrected chi connectivity index (χ3v) is 3.43. The average Bonchev–Trinajstić information content (AvgIpc) is 2.22. The molecule has 0 unspecified atom stereocenters. The predicted molar refractivity (Wildman–Crippen MR) is 62.8 cm³/mol. The first-order valence-electron chi connectivity index (χ1n) is 4.62. The SMILES string of the molecule is N#Cc1c(O)c(I)cc2c1CCCC2=O. The van der Waals surface area contributed by atoms with Gasteiger partial charge in [-0.3, -0.25) is 4.79 Å². The van der Waals surface area contributed by atoms with Crippen LogP contribution in [0.15, 0.2) is 6.07 Å². The van der Waals surface area contributed by atoms with E-state index >= 15 is 0 Å². The van der Waals surface area contributed by atoms with E-state index in [9.17, 15) is 9.90 Å². The smallest absolute Gasteiger partial charge is 0.163 e. The van der Waals surface area contributed by atoms with Crippen LogP contribution >= 0.6 is 22.6 Å². The van der Waals surface area contributed by atoms with Gasteiger partial charge in [0.05, 0.1) is 9.13 Å². The Kier molecular flexibility index (Phi) is 2.65. The normalized spacial score (nSPS) is 14.5. The van der Waals surface area contributed by atoms with Crippen molar-refractivity contribution < 1.29 is 9.90 Å². The van der Waals surface area contributed by atoms with Gasteiger partial charge in [-0.2, -0.15) is 5.26 Å². The number of hydrogen-bond acceptors (Lipinski definition) is 3. The Labute approximate surface area is 101 Å². The summed E-state index contributed by atoms with van der Waals surface area (Å²) >= 11 is 1.94. The molecule has 1 aromatic carbocycles. The third kappa shape index (κ3) is 1.61. The van der Waals surface area contributed by atoms with Gasteiger partial charge in [-0.05, 0) is 47.1 Å². The summed E-state index contributed by atoms with van der Waals surface area (Å²) in [5.74, 6) is 0.0808. The van der Waals surface area contributed by atoms with Gasteiger partial charge in [0.25, 0.3) is 0 Å². The van der Waals surface area contributed by atoms with Gasteiger partial charge in [-0.25, -0.2) is 0 Å². The van der Waals surface area contributed by atoms with Crippen LogP contribution in [0.5, 0.6) is 5.75 Å². The summed E-state index contributed by atoms with van der Waals surface area (Å²) in [6, 6.07) is 3.65. The second-order valence-corrected chi connectivity index (χ2v) is 4.66. The molecule has 0 radical (unpaired) electrons. The number of nitrogens with zero attached hydrogens (tertiary/aromatic N) is 1. The van der Waals surface area contributed by atoms with Gasteiger partial charge in [0.1, 0.15) is 11.8 Å². The Morgan fingerprint density at radius 2 is 2.20 bits per heavy atom. The Morgan fingerprint density at radius 3 is 2.87 bits per heavy atom. The maximum atomic E-state index is 11.6. The van der Waals surface area contributed by atoms with Crippen molar-refractivity contribution in [1.29, 1.82) is 5.26 Å². The van der Waals surface area contributed by atoms with Crippen molar-refractivity contribution in [3.63, 3.8) is 0 Å². The maximum absolute atomic E-state index is 11.6. The number of rotatable bonds is 0. The minimum Gasteiger partial charge on any atom is -0.505 e. The first-order chi connectivity index (χ1) is 7.15. The summed E-state index contributed by atoms with van der Waals surface area (Å²) in [4.78, 5) is 11.6. The molecule has 0 spiro atoms. The van der Waals surface area contributed by atoms with Crippen molar-refractivity contribution in [3.8, 4) is 11.8 Å². The lowest BCUT2D eigenvalue weighted by atomic mass is 9.87. The number of phenolic OH excluding ortho intramolecular Hbond substituents is 1. The predicted octanol–water partition coefficient (Wildman–Crippen LogP) is 2.39. The average molecular weight is 313 g/mol. The lowest BCUT2D eigenvalue weighted by molar-refractivity contribution is 0.0972. The van der Waals surface area contributed by atoms with Crippen LogP contribution in [-0.4, -0.2) is 10.9 Å². The summed E-state index contributed by atoms with van der Waals surface area (Å²) < 4.78 is 0.568.